The second-order valence-electron chi connectivity index (χ2n) is 8.74. The number of carbonyl (C=O) groups excluding carboxylic acids is 2. The predicted molar refractivity (Wildman–Crippen MR) is 126 cm³/mol. The molecule has 3 rings (SSSR count). The van der Waals surface area contributed by atoms with Crippen LogP contribution in [-0.4, -0.2) is 30.4 Å². The van der Waals surface area contributed by atoms with Gasteiger partial charge in [0.05, 0.1) is 0 Å². The van der Waals surface area contributed by atoms with E-state index in [0.717, 1.165) is 54.0 Å². The molecular formula is C25H34NO3P. The quantitative estimate of drug-likeness (QED) is 0.412. The fraction of sp³-hybridized carbons (Fsp3) is 0.440. The molecule has 1 atom stereocenters. The van der Waals surface area contributed by atoms with Crippen LogP contribution in [0.5, 0.6) is 0 Å². The molecule has 0 aromatic heterocycles. The molecule has 0 bridgehead atoms. The van der Waals surface area contributed by atoms with Crippen molar-refractivity contribution in [3.63, 3.8) is 0 Å². The van der Waals surface area contributed by atoms with Crippen LogP contribution < -0.4 is 5.32 Å². The number of para-hydroxylation sites is 1. The SMILES string of the molecule is CCC(C(=O)Nc1c(C)cccc1C)P1(Cc2ccccc2)(OC=O)CCCCC1. The molecule has 2 aromatic carbocycles. The maximum absolute atomic E-state index is 13.7. The number of rotatable bonds is 8. The molecular weight excluding hydrogens is 393 g/mol. The van der Waals surface area contributed by atoms with E-state index in [2.05, 4.69) is 24.4 Å². The summed E-state index contributed by atoms with van der Waals surface area (Å²) in [6.45, 7) is 3.56. The van der Waals surface area contributed by atoms with Gasteiger partial charge in [0, 0.05) is 0 Å². The molecule has 1 saturated heterocycles. The number of hydrogen-bond donors (Lipinski definition) is 1. The van der Waals surface area contributed by atoms with Crippen molar-refractivity contribution < 1.29 is 14.1 Å². The van der Waals surface area contributed by atoms with Gasteiger partial charge in [0.2, 0.25) is 0 Å². The van der Waals surface area contributed by atoms with E-state index in [4.69, 9.17) is 4.52 Å². The zero-order chi connectivity index (χ0) is 21.6. The molecule has 162 valence electrons. The Bertz CT molecular complexity index is 870. The van der Waals surface area contributed by atoms with E-state index >= 15 is 0 Å². The summed E-state index contributed by atoms with van der Waals surface area (Å²) in [7, 11) is 0. The van der Waals surface area contributed by atoms with Gasteiger partial charge in [-0.15, -0.1) is 0 Å². The Balaban J connectivity index is 2.05. The number of benzene rings is 2. The molecule has 1 unspecified atom stereocenters. The fourth-order valence-corrected chi connectivity index (χ4v) is 12.0. The third kappa shape index (κ3) is 4.30. The monoisotopic (exact) mass is 427 g/mol. The van der Waals surface area contributed by atoms with E-state index in [-0.39, 0.29) is 11.6 Å². The van der Waals surface area contributed by atoms with Gasteiger partial charge in [-0.2, -0.15) is 0 Å². The minimum atomic E-state index is -3.14. The van der Waals surface area contributed by atoms with E-state index < -0.39 is 6.83 Å². The molecule has 1 N–H and O–H groups in total. The topological polar surface area (TPSA) is 55.4 Å². The summed E-state index contributed by atoms with van der Waals surface area (Å²) >= 11 is 0. The second-order valence-corrected chi connectivity index (χ2v) is 14.2. The first-order chi connectivity index (χ1) is 14.4. The van der Waals surface area contributed by atoms with Crippen molar-refractivity contribution in [2.45, 2.75) is 58.3 Å². The molecule has 4 nitrogen and oxygen atoms in total. The standard InChI is InChI=1S/C25H34NO3P/c1-4-23(25(28)26-24-20(2)12-11-13-21(24)3)30(29-19-27,16-9-6-10-17-30)18-22-14-7-5-8-15-22/h5,7-8,11-15,19,23H,4,6,9-10,16-18H2,1-3H3,(H,26,28). The van der Waals surface area contributed by atoms with Crippen molar-refractivity contribution in [1.29, 1.82) is 0 Å². The average Bonchev–Trinajstić information content (AvgIpc) is 2.73. The molecule has 1 aliphatic rings. The maximum atomic E-state index is 13.7. The molecule has 30 heavy (non-hydrogen) atoms. The van der Waals surface area contributed by atoms with Crippen LogP contribution in [0.4, 0.5) is 5.69 Å². The van der Waals surface area contributed by atoms with Crippen molar-refractivity contribution in [2.24, 2.45) is 0 Å². The first kappa shape index (κ1) is 22.5. The van der Waals surface area contributed by atoms with Gasteiger partial charge in [0.15, 0.2) is 0 Å². The molecule has 0 saturated carbocycles. The number of anilines is 1. The van der Waals surface area contributed by atoms with E-state index in [1.165, 1.54) is 0 Å². The number of hydrogen-bond acceptors (Lipinski definition) is 3. The Kier molecular flexibility index (Phi) is 6.98. The average molecular weight is 428 g/mol. The number of nitrogens with one attached hydrogen (secondary N) is 1. The number of aryl methyl sites for hydroxylation is 2. The van der Waals surface area contributed by atoms with E-state index in [9.17, 15) is 9.59 Å². The molecule has 1 fully saturated rings. The number of amides is 1. The summed E-state index contributed by atoms with van der Waals surface area (Å²) in [5.74, 6) is -0.00718. The molecule has 0 aliphatic carbocycles. The summed E-state index contributed by atoms with van der Waals surface area (Å²) in [4.78, 5) is 25.6. The van der Waals surface area contributed by atoms with E-state index in [1.54, 1.807) is 0 Å². The van der Waals surface area contributed by atoms with Crippen LogP contribution in [-0.2, 0) is 20.3 Å². The molecule has 5 heteroatoms. The molecule has 1 amide bonds. The van der Waals surface area contributed by atoms with Crippen LogP contribution in [0.25, 0.3) is 0 Å². The first-order valence-corrected chi connectivity index (χ1v) is 13.8. The minimum absolute atomic E-state index is 0.00718. The van der Waals surface area contributed by atoms with Crippen LogP contribution in [0.3, 0.4) is 0 Å². The molecule has 0 spiro atoms. The van der Waals surface area contributed by atoms with Crippen LogP contribution in [0, 0.1) is 13.8 Å². The van der Waals surface area contributed by atoms with E-state index in [0.29, 0.717) is 19.1 Å². The van der Waals surface area contributed by atoms with Crippen LogP contribution in [0.1, 0.15) is 49.3 Å². The van der Waals surface area contributed by atoms with Crippen molar-refractivity contribution >= 4 is 24.9 Å². The Labute approximate surface area is 180 Å². The van der Waals surface area contributed by atoms with Gasteiger partial charge < -0.3 is 0 Å². The Morgan fingerprint density at radius 1 is 1.03 bits per heavy atom. The van der Waals surface area contributed by atoms with Gasteiger partial charge in [-0.05, 0) is 0 Å². The fourth-order valence-electron chi connectivity index (χ4n) is 5.37. The van der Waals surface area contributed by atoms with Crippen molar-refractivity contribution in [1.82, 2.24) is 0 Å². The van der Waals surface area contributed by atoms with Crippen molar-refractivity contribution in [3.05, 3.63) is 65.2 Å². The van der Waals surface area contributed by atoms with Crippen molar-refractivity contribution in [3.8, 4) is 0 Å². The Hall–Kier alpha value is -2.19. The summed E-state index contributed by atoms with van der Waals surface area (Å²) in [6.07, 6.45) is 6.15. The summed E-state index contributed by atoms with van der Waals surface area (Å²) in [5, 5.41) is 3.22. The van der Waals surface area contributed by atoms with E-state index in [1.807, 2.05) is 50.2 Å². The summed E-state index contributed by atoms with van der Waals surface area (Å²) < 4.78 is 6.22. The molecule has 1 aliphatic heterocycles. The van der Waals surface area contributed by atoms with Crippen LogP contribution >= 0.6 is 6.83 Å². The molecule has 0 radical (unpaired) electrons. The Morgan fingerprint density at radius 2 is 1.67 bits per heavy atom. The predicted octanol–water partition coefficient (Wildman–Crippen LogP) is 6.05. The zero-order valence-corrected chi connectivity index (χ0v) is 19.3. The molecule has 2 aromatic rings. The van der Waals surface area contributed by atoms with Crippen LogP contribution in [0.2, 0.25) is 0 Å². The first-order valence-electron chi connectivity index (χ1n) is 11.0. The third-order valence-corrected chi connectivity index (χ3v) is 13.6. The summed E-state index contributed by atoms with van der Waals surface area (Å²) in [6, 6.07) is 16.2. The van der Waals surface area contributed by atoms with Crippen molar-refractivity contribution in [2.75, 3.05) is 17.6 Å². The summed E-state index contributed by atoms with van der Waals surface area (Å²) in [5.41, 5.74) is 3.81. The van der Waals surface area contributed by atoms with Gasteiger partial charge in [-0.3, -0.25) is 0 Å². The third-order valence-electron chi connectivity index (χ3n) is 6.83. The van der Waals surface area contributed by atoms with Gasteiger partial charge in [0.25, 0.3) is 0 Å². The zero-order valence-electron chi connectivity index (χ0n) is 18.4. The second kappa shape index (κ2) is 9.31. The number of carbonyl (C=O) groups is 2. The Morgan fingerprint density at radius 3 is 2.23 bits per heavy atom. The van der Waals surface area contributed by atoms with Crippen LogP contribution in [0.15, 0.2) is 48.5 Å². The van der Waals surface area contributed by atoms with Gasteiger partial charge in [0.1, 0.15) is 0 Å². The van der Waals surface area contributed by atoms with Gasteiger partial charge >= 0.3 is 180 Å². The van der Waals surface area contributed by atoms with Gasteiger partial charge in [-0.1, -0.05) is 0 Å². The normalized spacial score (nSPS) is 19.6. The molecule has 1 heterocycles. The van der Waals surface area contributed by atoms with Gasteiger partial charge in [-0.25, -0.2) is 0 Å².